The average Bonchev–Trinajstić information content (AvgIpc) is 2.00. The third kappa shape index (κ3) is 2.46. The highest BCUT2D eigenvalue weighted by Gasteiger charge is 2.34. The Morgan fingerprint density at radius 3 is 2.50 bits per heavy atom. The quantitative estimate of drug-likeness (QED) is 0.591. The second-order valence-corrected chi connectivity index (χ2v) is 3.94. The highest BCUT2D eigenvalue weighted by molar-refractivity contribution is 4.97. The Morgan fingerprint density at radius 1 is 1.33 bits per heavy atom. The summed E-state index contributed by atoms with van der Waals surface area (Å²) in [4.78, 5) is 0. The molecule has 0 atom stereocenters. The molecule has 0 heterocycles. The predicted octanol–water partition coefficient (Wildman–Crippen LogP) is 1.52. The standard InChI is InChI=1S/C10H22N2/c1-3-4-8-12-10(9-11-2)6-5-7-10/h11-12H,3-9H2,1-2H3. The van der Waals surface area contributed by atoms with Gasteiger partial charge in [0.15, 0.2) is 0 Å². The van der Waals surface area contributed by atoms with Gasteiger partial charge in [-0.1, -0.05) is 13.3 Å². The Bertz CT molecular complexity index is 119. The largest absolute Gasteiger partial charge is 0.318 e. The van der Waals surface area contributed by atoms with E-state index in [9.17, 15) is 0 Å². The Kier molecular flexibility index (Phi) is 4.02. The Hall–Kier alpha value is -0.0800. The molecule has 2 N–H and O–H groups in total. The van der Waals surface area contributed by atoms with E-state index < -0.39 is 0 Å². The minimum Gasteiger partial charge on any atom is -0.318 e. The van der Waals surface area contributed by atoms with Gasteiger partial charge in [0.25, 0.3) is 0 Å². The lowest BCUT2D eigenvalue weighted by atomic mass is 9.76. The van der Waals surface area contributed by atoms with Crippen LogP contribution in [0.5, 0.6) is 0 Å². The molecule has 0 aromatic rings. The molecule has 1 aliphatic rings. The van der Waals surface area contributed by atoms with E-state index in [0.29, 0.717) is 5.54 Å². The molecule has 2 nitrogen and oxygen atoms in total. The van der Waals surface area contributed by atoms with Crippen LogP contribution in [0, 0.1) is 0 Å². The molecule has 0 radical (unpaired) electrons. The fourth-order valence-corrected chi connectivity index (χ4v) is 1.89. The van der Waals surface area contributed by atoms with Crippen LogP contribution in [0.4, 0.5) is 0 Å². The molecule has 1 aliphatic carbocycles. The first kappa shape index (κ1) is 10.0. The van der Waals surface area contributed by atoms with Gasteiger partial charge < -0.3 is 10.6 Å². The fourth-order valence-electron chi connectivity index (χ4n) is 1.89. The van der Waals surface area contributed by atoms with Gasteiger partial charge in [-0.25, -0.2) is 0 Å². The van der Waals surface area contributed by atoms with Crippen LogP contribution in [0.2, 0.25) is 0 Å². The smallest absolute Gasteiger partial charge is 0.0306 e. The topological polar surface area (TPSA) is 24.1 Å². The average molecular weight is 170 g/mol. The first-order valence-corrected chi connectivity index (χ1v) is 5.22. The second-order valence-electron chi connectivity index (χ2n) is 3.94. The fraction of sp³-hybridized carbons (Fsp3) is 1.00. The molecule has 0 aromatic heterocycles. The maximum Gasteiger partial charge on any atom is 0.0306 e. The molecule has 1 fully saturated rings. The zero-order valence-electron chi connectivity index (χ0n) is 8.45. The van der Waals surface area contributed by atoms with Crippen molar-refractivity contribution in [2.24, 2.45) is 0 Å². The first-order chi connectivity index (χ1) is 5.83. The molecule has 12 heavy (non-hydrogen) atoms. The lowest BCUT2D eigenvalue weighted by Gasteiger charge is -2.43. The van der Waals surface area contributed by atoms with E-state index >= 15 is 0 Å². The summed E-state index contributed by atoms with van der Waals surface area (Å²) in [6.07, 6.45) is 6.73. The lowest BCUT2D eigenvalue weighted by Crippen LogP contribution is -2.57. The van der Waals surface area contributed by atoms with Gasteiger partial charge in [0.05, 0.1) is 0 Å². The van der Waals surface area contributed by atoms with Crippen LogP contribution < -0.4 is 10.6 Å². The molecule has 2 heteroatoms. The van der Waals surface area contributed by atoms with E-state index in [0.717, 1.165) is 6.54 Å². The van der Waals surface area contributed by atoms with Crippen molar-refractivity contribution in [3.63, 3.8) is 0 Å². The summed E-state index contributed by atoms with van der Waals surface area (Å²) in [5.41, 5.74) is 0.462. The van der Waals surface area contributed by atoms with Gasteiger partial charge in [-0.05, 0) is 39.3 Å². The number of hydrogen-bond donors (Lipinski definition) is 2. The van der Waals surface area contributed by atoms with Crippen LogP contribution >= 0.6 is 0 Å². The minimum atomic E-state index is 0.462. The monoisotopic (exact) mass is 170 g/mol. The Balaban J connectivity index is 2.15. The van der Waals surface area contributed by atoms with Crippen LogP contribution in [0.3, 0.4) is 0 Å². The normalized spacial score (nSPS) is 20.5. The molecule has 0 unspecified atom stereocenters. The number of rotatable bonds is 6. The maximum absolute atomic E-state index is 3.67. The molecule has 72 valence electrons. The van der Waals surface area contributed by atoms with E-state index in [2.05, 4.69) is 17.6 Å². The van der Waals surface area contributed by atoms with Crippen LogP contribution in [0.1, 0.15) is 39.0 Å². The van der Waals surface area contributed by atoms with Gasteiger partial charge in [-0.15, -0.1) is 0 Å². The van der Waals surface area contributed by atoms with E-state index in [1.165, 1.54) is 38.6 Å². The highest BCUT2D eigenvalue weighted by Crippen LogP contribution is 2.30. The summed E-state index contributed by atoms with van der Waals surface area (Å²) < 4.78 is 0. The maximum atomic E-state index is 3.67. The Morgan fingerprint density at radius 2 is 2.08 bits per heavy atom. The molecule has 0 amide bonds. The zero-order chi connectivity index (χ0) is 8.86. The number of unbranched alkanes of at least 4 members (excludes halogenated alkanes) is 1. The molecule has 1 saturated carbocycles. The van der Waals surface area contributed by atoms with E-state index in [1.807, 2.05) is 7.05 Å². The van der Waals surface area contributed by atoms with Crippen LogP contribution in [-0.4, -0.2) is 25.7 Å². The SMILES string of the molecule is CCCCNC1(CNC)CCC1. The third-order valence-electron chi connectivity index (χ3n) is 2.86. The van der Waals surface area contributed by atoms with Crippen molar-refractivity contribution >= 4 is 0 Å². The van der Waals surface area contributed by atoms with Gasteiger partial charge in [-0.3, -0.25) is 0 Å². The Labute approximate surface area is 76.1 Å². The van der Waals surface area contributed by atoms with Crippen molar-refractivity contribution in [1.29, 1.82) is 0 Å². The predicted molar refractivity (Wildman–Crippen MR) is 53.4 cm³/mol. The molecular formula is C10H22N2. The molecule has 0 aliphatic heterocycles. The van der Waals surface area contributed by atoms with Crippen molar-refractivity contribution < 1.29 is 0 Å². The second kappa shape index (κ2) is 4.83. The lowest BCUT2D eigenvalue weighted by molar-refractivity contribution is 0.182. The molecule has 1 rings (SSSR count). The summed E-state index contributed by atoms with van der Waals surface area (Å²) in [6, 6.07) is 0. The third-order valence-corrected chi connectivity index (χ3v) is 2.86. The summed E-state index contributed by atoms with van der Waals surface area (Å²) in [5.74, 6) is 0. The first-order valence-electron chi connectivity index (χ1n) is 5.22. The molecular weight excluding hydrogens is 148 g/mol. The van der Waals surface area contributed by atoms with Crippen molar-refractivity contribution in [1.82, 2.24) is 10.6 Å². The van der Waals surface area contributed by atoms with Crippen molar-refractivity contribution in [2.45, 2.75) is 44.6 Å². The summed E-state index contributed by atoms with van der Waals surface area (Å²) in [5, 5.41) is 6.95. The zero-order valence-corrected chi connectivity index (χ0v) is 8.45. The van der Waals surface area contributed by atoms with Crippen molar-refractivity contribution in [2.75, 3.05) is 20.1 Å². The van der Waals surface area contributed by atoms with Gasteiger partial charge >= 0.3 is 0 Å². The van der Waals surface area contributed by atoms with E-state index in [-0.39, 0.29) is 0 Å². The van der Waals surface area contributed by atoms with Gasteiger partial charge in [0.1, 0.15) is 0 Å². The number of likely N-dealkylation sites (N-methyl/N-ethyl adjacent to an activating group) is 1. The minimum absolute atomic E-state index is 0.462. The van der Waals surface area contributed by atoms with Crippen LogP contribution in [0.15, 0.2) is 0 Å². The molecule has 0 spiro atoms. The van der Waals surface area contributed by atoms with E-state index in [1.54, 1.807) is 0 Å². The number of hydrogen-bond acceptors (Lipinski definition) is 2. The van der Waals surface area contributed by atoms with Gasteiger partial charge in [0.2, 0.25) is 0 Å². The number of nitrogens with one attached hydrogen (secondary N) is 2. The van der Waals surface area contributed by atoms with Crippen LogP contribution in [0.25, 0.3) is 0 Å². The van der Waals surface area contributed by atoms with E-state index in [4.69, 9.17) is 0 Å². The van der Waals surface area contributed by atoms with Crippen molar-refractivity contribution in [3.05, 3.63) is 0 Å². The summed E-state index contributed by atoms with van der Waals surface area (Å²) in [6.45, 7) is 4.57. The molecule has 0 saturated heterocycles. The van der Waals surface area contributed by atoms with Crippen molar-refractivity contribution in [3.8, 4) is 0 Å². The molecule has 0 bridgehead atoms. The summed E-state index contributed by atoms with van der Waals surface area (Å²) in [7, 11) is 2.04. The van der Waals surface area contributed by atoms with Crippen LogP contribution in [-0.2, 0) is 0 Å². The highest BCUT2D eigenvalue weighted by atomic mass is 15.0. The van der Waals surface area contributed by atoms with Gasteiger partial charge in [-0.2, -0.15) is 0 Å². The van der Waals surface area contributed by atoms with Gasteiger partial charge in [0, 0.05) is 12.1 Å². The molecule has 0 aromatic carbocycles. The summed E-state index contributed by atoms with van der Waals surface area (Å²) >= 11 is 0.